The fourth-order valence-corrected chi connectivity index (χ4v) is 3.39. The summed E-state index contributed by atoms with van der Waals surface area (Å²) in [4.78, 5) is 11.8. The van der Waals surface area contributed by atoms with Crippen molar-refractivity contribution in [2.45, 2.75) is 46.6 Å². The molecule has 2 aromatic carbocycles. The minimum absolute atomic E-state index is 0.0804. The smallest absolute Gasteiger partial charge is 0.166 e. The Morgan fingerprint density at radius 2 is 1.76 bits per heavy atom. The molecule has 2 unspecified atom stereocenters. The Labute approximate surface area is 175 Å². The molecular formula is C25H35NO3. The van der Waals surface area contributed by atoms with E-state index < -0.39 is 0 Å². The average molecular weight is 398 g/mol. The van der Waals surface area contributed by atoms with Crippen LogP contribution in [-0.4, -0.2) is 26.5 Å². The number of carbonyl (C=O) groups is 1. The monoisotopic (exact) mass is 397 g/mol. The van der Waals surface area contributed by atoms with Gasteiger partial charge in [0.1, 0.15) is 0 Å². The van der Waals surface area contributed by atoms with E-state index in [0.717, 1.165) is 36.6 Å². The summed E-state index contributed by atoms with van der Waals surface area (Å²) in [7, 11) is 3.18. The summed E-state index contributed by atoms with van der Waals surface area (Å²) >= 11 is 0. The highest BCUT2D eigenvalue weighted by Gasteiger charge is 2.28. The zero-order valence-corrected chi connectivity index (χ0v) is 18.5. The van der Waals surface area contributed by atoms with Crippen LogP contribution in [0.5, 0.6) is 11.5 Å². The minimum atomic E-state index is 0.0804. The Hall–Kier alpha value is -2.33. The molecule has 3 rings (SSSR count). The Morgan fingerprint density at radius 1 is 1.10 bits per heavy atom. The van der Waals surface area contributed by atoms with Crippen molar-refractivity contribution in [3.8, 4) is 11.5 Å². The van der Waals surface area contributed by atoms with Crippen molar-refractivity contribution < 1.29 is 14.3 Å². The summed E-state index contributed by atoms with van der Waals surface area (Å²) in [5, 5.41) is 3.47. The number of fused-ring (bicyclic) bond motifs is 1. The van der Waals surface area contributed by atoms with Gasteiger partial charge in [0.05, 0.1) is 14.2 Å². The average Bonchev–Trinajstić information content (AvgIpc) is 3.04. The number of ether oxygens (including phenoxy) is 2. The zero-order chi connectivity index (χ0) is 21.2. The third-order valence-corrected chi connectivity index (χ3v) is 5.53. The van der Waals surface area contributed by atoms with Crippen LogP contribution in [-0.2, 0) is 13.0 Å². The number of methoxy groups -OCH3 is 2. The molecular weight excluding hydrogens is 362 g/mol. The number of hydrogen-bond acceptors (Lipinski definition) is 4. The van der Waals surface area contributed by atoms with Crippen LogP contribution in [0.25, 0.3) is 0 Å². The van der Waals surface area contributed by atoms with Crippen LogP contribution in [0, 0.1) is 11.8 Å². The first kappa shape index (κ1) is 23.0. The van der Waals surface area contributed by atoms with Crippen LogP contribution in [0.3, 0.4) is 0 Å². The maximum atomic E-state index is 11.8. The molecule has 1 aliphatic rings. The van der Waals surface area contributed by atoms with Crippen molar-refractivity contribution in [1.82, 2.24) is 5.32 Å². The van der Waals surface area contributed by atoms with Gasteiger partial charge >= 0.3 is 0 Å². The van der Waals surface area contributed by atoms with Gasteiger partial charge in [0.2, 0.25) is 0 Å². The van der Waals surface area contributed by atoms with Crippen LogP contribution in [0.2, 0.25) is 0 Å². The van der Waals surface area contributed by atoms with Gasteiger partial charge in [-0.2, -0.15) is 0 Å². The molecule has 2 aromatic rings. The summed E-state index contributed by atoms with van der Waals surface area (Å²) in [6.07, 6.45) is 3.37. The number of rotatable bonds is 8. The molecule has 158 valence electrons. The molecule has 0 amide bonds. The van der Waals surface area contributed by atoms with Crippen LogP contribution in [0.4, 0.5) is 0 Å². The topological polar surface area (TPSA) is 47.6 Å². The van der Waals surface area contributed by atoms with Crippen molar-refractivity contribution in [3.05, 3.63) is 59.2 Å². The largest absolute Gasteiger partial charge is 0.493 e. The highest BCUT2D eigenvalue weighted by molar-refractivity contribution is 6.02. The molecule has 0 fully saturated rings. The standard InChI is InChI=1S/C13H21N.C12H14O3/c1-3-12(2)9-10-14-11-13-7-5-4-6-8-13;1-7-4-8-5-10(14-2)11(15-3)6-9(8)12(7)13/h4-8,12,14H,3,9-11H2,1-2H3;5-7H,4H2,1-3H3. The molecule has 0 spiro atoms. The second kappa shape index (κ2) is 11.6. The number of nitrogens with one attached hydrogen (secondary N) is 1. The predicted molar refractivity (Wildman–Crippen MR) is 119 cm³/mol. The van der Waals surface area contributed by atoms with Gasteiger partial charge in [0, 0.05) is 18.0 Å². The lowest BCUT2D eigenvalue weighted by atomic mass is 10.1. The maximum absolute atomic E-state index is 11.8. The summed E-state index contributed by atoms with van der Waals surface area (Å²) in [5.74, 6) is 2.44. The van der Waals surface area contributed by atoms with E-state index >= 15 is 0 Å². The van der Waals surface area contributed by atoms with E-state index in [0.29, 0.717) is 11.5 Å². The number of benzene rings is 2. The SMILES string of the molecule is CCC(C)CCNCc1ccccc1.COc1cc2c(cc1OC)C(=O)C(C)C2. The highest BCUT2D eigenvalue weighted by atomic mass is 16.5. The van der Waals surface area contributed by atoms with Crippen molar-refractivity contribution in [3.63, 3.8) is 0 Å². The molecule has 0 aromatic heterocycles. The lowest BCUT2D eigenvalue weighted by Gasteiger charge is -2.09. The summed E-state index contributed by atoms with van der Waals surface area (Å²) in [5.41, 5.74) is 3.21. The molecule has 1 N–H and O–H groups in total. The van der Waals surface area contributed by atoms with Gasteiger partial charge in [0.15, 0.2) is 17.3 Å². The second-order valence-electron chi connectivity index (χ2n) is 7.80. The van der Waals surface area contributed by atoms with E-state index in [9.17, 15) is 4.79 Å². The van der Waals surface area contributed by atoms with Gasteiger partial charge in [-0.25, -0.2) is 0 Å². The number of ketones is 1. The molecule has 4 heteroatoms. The minimum Gasteiger partial charge on any atom is -0.493 e. The third-order valence-electron chi connectivity index (χ3n) is 5.53. The first-order valence-electron chi connectivity index (χ1n) is 10.5. The van der Waals surface area contributed by atoms with Gasteiger partial charge in [0.25, 0.3) is 0 Å². The van der Waals surface area contributed by atoms with Crippen LogP contribution < -0.4 is 14.8 Å². The summed E-state index contributed by atoms with van der Waals surface area (Å²) in [6, 6.07) is 14.2. The van der Waals surface area contributed by atoms with Gasteiger partial charge in [-0.15, -0.1) is 0 Å². The molecule has 29 heavy (non-hydrogen) atoms. The van der Waals surface area contributed by atoms with Crippen molar-refractivity contribution in [1.29, 1.82) is 0 Å². The van der Waals surface area contributed by atoms with Crippen molar-refractivity contribution >= 4 is 5.78 Å². The molecule has 0 saturated carbocycles. The summed E-state index contributed by atoms with van der Waals surface area (Å²) in [6.45, 7) is 8.63. The maximum Gasteiger partial charge on any atom is 0.166 e. The van der Waals surface area contributed by atoms with Crippen molar-refractivity contribution in [2.24, 2.45) is 11.8 Å². The lowest BCUT2D eigenvalue weighted by molar-refractivity contribution is 0.0946. The van der Waals surface area contributed by atoms with E-state index in [-0.39, 0.29) is 11.7 Å². The Balaban J connectivity index is 0.000000208. The van der Waals surface area contributed by atoms with Crippen LogP contribution in [0.1, 0.15) is 55.1 Å². The number of hydrogen-bond donors (Lipinski definition) is 1. The van der Waals surface area contributed by atoms with Gasteiger partial charge in [-0.3, -0.25) is 4.79 Å². The zero-order valence-electron chi connectivity index (χ0n) is 18.5. The third kappa shape index (κ3) is 6.60. The number of carbonyl (C=O) groups excluding carboxylic acids is 1. The Morgan fingerprint density at radius 3 is 2.38 bits per heavy atom. The first-order valence-corrected chi connectivity index (χ1v) is 10.5. The molecule has 4 nitrogen and oxygen atoms in total. The van der Waals surface area contributed by atoms with Crippen molar-refractivity contribution in [2.75, 3.05) is 20.8 Å². The van der Waals surface area contributed by atoms with E-state index in [1.807, 2.05) is 13.0 Å². The highest BCUT2D eigenvalue weighted by Crippen LogP contribution is 2.36. The van der Waals surface area contributed by atoms with E-state index in [2.05, 4.69) is 49.5 Å². The van der Waals surface area contributed by atoms with Gasteiger partial charge < -0.3 is 14.8 Å². The van der Waals surface area contributed by atoms with Gasteiger partial charge in [-0.1, -0.05) is 57.5 Å². The number of Topliss-reactive ketones (excluding diaryl/α,β-unsaturated/α-hetero) is 1. The second-order valence-corrected chi connectivity index (χ2v) is 7.80. The quantitative estimate of drug-likeness (QED) is 0.615. The Kier molecular flexibility index (Phi) is 9.20. The fraction of sp³-hybridized carbons (Fsp3) is 0.480. The van der Waals surface area contributed by atoms with Crippen LogP contribution in [0.15, 0.2) is 42.5 Å². The van der Waals surface area contributed by atoms with Crippen LogP contribution >= 0.6 is 0 Å². The van der Waals surface area contributed by atoms with E-state index in [4.69, 9.17) is 9.47 Å². The predicted octanol–water partition coefficient (Wildman–Crippen LogP) is 5.29. The molecule has 0 aliphatic heterocycles. The molecule has 0 bridgehead atoms. The summed E-state index contributed by atoms with van der Waals surface area (Å²) < 4.78 is 10.4. The first-order chi connectivity index (χ1) is 14.0. The molecule has 2 atom stereocenters. The molecule has 0 heterocycles. The molecule has 1 aliphatic carbocycles. The molecule has 0 saturated heterocycles. The Bertz CT molecular complexity index is 773. The fourth-order valence-electron chi connectivity index (χ4n) is 3.39. The van der Waals surface area contributed by atoms with E-state index in [1.165, 1.54) is 18.4 Å². The van der Waals surface area contributed by atoms with E-state index in [1.54, 1.807) is 20.3 Å². The molecule has 0 radical (unpaired) electrons. The lowest BCUT2D eigenvalue weighted by Crippen LogP contribution is -2.16. The normalized spacial score (nSPS) is 15.9. The van der Waals surface area contributed by atoms with Gasteiger partial charge in [-0.05, 0) is 48.6 Å².